The molecule has 1 aliphatic carbocycles. The Kier molecular flexibility index (Phi) is 3.41. The standard InChI is InChI=1S/C17H18N2OS/c1-10-3-4-12(9-11(10)2)15-8-7-14(16(18)21)17(20)19(15)13-5-6-13/h3-4,7-9,13H,5-6H2,1-2H3,(H2,18,21). The fraction of sp³-hybridized carbons (Fsp3) is 0.294. The number of nitrogens with zero attached hydrogens (tertiary/aromatic N) is 1. The number of hydrogen-bond donors (Lipinski definition) is 1. The lowest BCUT2D eigenvalue weighted by molar-refractivity contribution is 0.714. The van der Waals surface area contributed by atoms with Crippen molar-refractivity contribution in [3.8, 4) is 11.3 Å². The van der Waals surface area contributed by atoms with Crippen molar-refractivity contribution in [1.82, 2.24) is 4.57 Å². The van der Waals surface area contributed by atoms with Crippen LogP contribution in [0.2, 0.25) is 0 Å². The van der Waals surface area contributed by atoms with Gasteiger partial charge in [-0.2, -0.15) is 0 Å². The third kappa shape index (κ3) is 2.51. The Morgan fingerprint density at radius 2 is 1.90 bits per heavy atom. The van der Waals surface area contributed by atoms with Crippen LogP contribution < -0.4 is 11.3 Å². The molecule has 21 heavy (non-hydrogen) atoms. The van der Waals surface area contributed by atoms with Crippen molar-refractivity contribution in [2.75, 3.05) is 0 Å². The number of nitrogens with two attached hydrogens (primary N) is 1. The molecule has 108 valence electrons. The molecule has 0 aliphatic heterocycles. The van der Waals surface area contributed by atoms with Crippen LogP contribution >= 0.6 is 12.2 Å². The van der Waals surface area contributed by atoms with E-state index in [4.69, 9.17) is 18.0 Å². The van der Waals surface area contributed by atoms with Crippen LogP contribution in [0.3, 0.4) is 0 Å². The zero-order valence-electron chi connectivity index (χ0n) is 12.2. The van der Waals surface area contributed by atoms with E-state index >= 15 is 0 Å². The van der Waals surface area contributed by atoms with Gasteiger partial charge in [-0.25, -0.2) is 0 Å². The Morgan fingerprint density at radius 3 is 2.48 bits per heavy atom. The van der Waals surface area contributed by atoms with Crippen molar-refractivity contribution in [2.45, 2.75) is 32.7 Å². The normalized spacial score (nSPS) is 14.2. The van der Waals surface area contributed by atoms with E-state index in [1.54, 1.807) is 6.07 Å². The van der Waals surface area contributed by atoms with Crippen molar-refractivity contribution in [1.29, 1.82) is 0 Å². The molecular weight excluding hydrogens is 280 g/mol. The molecule has 1 heterocycles. The maximum Gasteiger partial charge on any atom is 0.261 e. The average Bonchev–Trinajstić information content (AvgIpc) is 3.25. The highest BCUT2D eigenvalue weighted by Crippen LogP contribution is 2.37. The minimum absolute atomic E-state index is 0.0688. The first-order valence-corrected chi connectivity index (χ1v) is 7.53. The van der Waals surface area contributed by atoms with Gasteiger partial charge in [-0.15, -0.1) is 0 Å². The van der Waals surface area contributed by atoms with Crippen LogP contribution in [-0.2, 0) is 0 Å². The molecule has 0 atom stereocenters. The molecule has 3 nitrogen and oxygen atoms in total. The largest absolute Gasteiger partial charge is 0.389 e. The Bertz CT molecular complexity index is 788. The summed E-state index contributed by atoms with van der Waals surface area (Å²) in [7, 11) is 0. The SMILES string of the molecule is Cc1ccc(-c2ccc(C(N)=S)c(=O)n2C2CC2)cc1C. The van der Waals surface area contributed by atoms with E-state index in [0.717, 1.165) is 24.1 Å². The molecule has 1 saturated carbocycles. The highest BCUT2D eigenvalue weighted by atomic mass is 32.1. The summed E-state index contributed by atoms with van der Waals surface area (Å²) < 4.78 is 1.86. The van der Waals surface area contributed by atoms with Crippen LogP contribution in [0.1, 0.15) is 35.6 Å². The number of aromatic nitrogens is 1. The lowest BCUT2D eigenvalue weighted by Gasteiger charge is -2.15. The summed E-state index contributed by atoms with van der Waals surface area (Å²) in [6.07, 6.45) is 2.08. The predicted octanol–water partition coefficient (Wildman–Crippen LogP) is 3.10. The molecule has 0 spiro atoms. The summed E-state index contributed by atoms with van der Waals surface area (Å²) in [5, 5.41) is 0. The van der Waals surface area contributed by atoms with E-state index in [1.807, 2.05) is 10.6 Å². The fourth-order valence-corrected chi connectivity index (χ4v) is 2.73. The highest BCUT2D eigenvalue weighted by Gasteiger charge is 2.28. The Hall–Kier alpha value is -1.94. The Balaban J connectivity index is 2.23. The number of hydrogen-bond acceptors (Lipinski definition) is 2. The van der Waals surface area contributed by atoms with E-state index in [1.165, 1.54) is 11.1 Å². The molecule has 0 unspecified atom stereocenters. The minimum Gasteiger partial charge on any atom is -0.389 e. The number of pyridine rings is 1. The van der Waals surface area contributed by atoms with Gasteiger partial charge in [0.05, 0.1) is 11.3 Å². The van der Waals surface area contributed by atoms with E-state index in [2.05, 4.69) is 32.0 Å². The summed E-state index contributed by atoms with van der Waals surface area (Å²) in [5.41, 5.74) is 10.5. The first-order valence-electron chi connectivity index (χ1n) is 7.12. The van der Waals surface area contributed by atoms with E-state index < -0.39 is 0 Å². The smallest absolute Gasteiger partial charge is 0.261 e. The molecule has 3 rings (SSSR count). The van der Waals surface area contributed by atoms with Crippen molar-refractivity contribution < 1.29 is 0 Å². The van der Waals surface area contributed by atoms with Crippen molar-refractivity contribution in [3.63, 3.8) is 0 Å². The van der Waals surface area contributed by atoms with E-state index in [9.17, 15) is 4.79 Å². The monoisotopic (exact) mass is 298 g/mol. The van der Waals surface area contributed by atoms with Gasteiger partial charge in [0.2, 0.25) is 0 Å². The topological polar surface area (TPSA) is 48.0 Å². The van der Waals surface area contributed by atoms with Crippen molar-refractivity contribution in [2.24, 2.45) is 5.73 Å². The van der Waals surface area contributed by atoms with Gasteiger partial charge in [-0.1, -0.05) is 24.4 Å². The van der Waals surface area contributed by atoms with E-state index in [0.29, 0.717) is 5.56 Å². The minimum atomic E-state index is -0.0688. The molecule has 0 amide bonds. The Morgan fingerprint density at radius 1 is 1.19 bits per heavy atom. The second-order valence-corrected chi connectivity index (χ2v) is 6.14. The molecule has 0 saturated heterocycles. The first-order chi connectivity index (χ1) is 9.99. The first kappa shape index (κ1) is 14.0. The molecule has 2 aromatic rings. The molecule has 1 aromatic heterocycles. The van der Waals surface area contributed by atoms with Gasteiger partial charge in [0.25, 0.3) is 5.56 Å². The van der Waals surface area contributed by atoms with Crippen LogP contribution in [0.25, 0.3) is 11.3 Å². The van der Waals surface area contributed by atoms with Crippen LogP contribution in [0.5, 0.6) is 0 Å². The second kappa shape index (κ2) is 5.11. The van der Waals surface area contributed by atoms with Gasteiger partial charge >= 0.3 is 0 Å². The Labute approximate surface area is 129 Å². The molecule has 4 heteroatoms. The zero-order chi connectivity index (χ0) is 15.1. The zero-order valence-corrected chi connectivity index (χ0v) is 13.0. The lowest BCUT2D eigenvalue weighted by Crippen LogP contribution is -2.29. The molecule has 1 aromatic carbocycles. The molecular formula is C17H18N2OS. The summed E-state index contributed by atoms with van der Waals surface area (Å²) in [4.78, 5) is 12.8. The number of benzene rings is 1. The molecule has 1 fully saturated rings. The third-order valence-electron chi connectivity index (χ3n) is 4.10. The summed E-state index contributed by atoms with van der Waals surface area (Å²) in [5.74, 6) is 0. The lowest BCUT2D eigenvalue weighted by atomic mass is 10.0. The van der Waals surface area contributed by atoms with E-state index in [-0.39, 0.29) is 16.6 Å². The maximum absolute atomic E-state index is 12.6. The predicted molar refractivity (Wildman–Crippen MR) is 89.8 cm³/mol. The van der Waals surface area contributed by atoms with Gasteiger partial charge in [0.1, 0.15) is 4.99 Å². The van der Waals surface area contributed by atoms with Gasteiger partial charge in [-0.3, -0.25) is 4.79 Å². The summed E-state index contributed by atoms with van der Waals surface area (Å²) >= 11 is 4.98. The van der Waals surface area contributed by atoms with Crippen molar-refractivity contribution >= 4 is 17.2 Å². The number of thiocarbonyl (C=S) groups is 1. The summed E-state index contributed by atoms with van der Waals surface area (Å²) in [6.45, 7) is 4.17. The van der Waals surface area contributed by atoms with Crippen LogP contribution in [0, 0.1) is 13.8 Å². The second-order valence-electron chi connectivity index (χ2n) is 5.70. The quantitative estimate of drug-likeness (QED) is 0.886. The third-order valence-corrected chi connectivity index (χ3v) is 4.32. The molecule has 0 bridgehead atoms. The van der Waals surface area contributed by atoms with Crippen LogP contribution in [-0.4, -0.2) is 9.56 Å². The number of aryl methyl sites for hydroxylation is 2. The maximum atomic E-state index is 12.6. The fourth-order valence-electron chi connectivity index (χ4n) is 2.57. The van der Waals surface area contributed by atoms with Crippen LogP contribution in [0.15, 0.2) is 35.1 Å². The average molecular weight is 298 g/mol. The molecule has 2 N–H and O–H groups in total. The van der Waals surface area contributed by atoms with Gasteiger partial charge in [0.15, 0.2) is 0 Å². The van der Waals surface area contributed by atoms with Crippen molar-refractivity contribution in [3.05, 3.63) is 57.4 Å². The van der Waals surface area contributed by atoms with Gasteiger partial charge < -0.3 is 10.3 Å². The molecule has 1 aliphatic rings. The number of rotatable bonds is 3. The molecule has 0 radical (unpaired) electrons. The van der Waals surface area contributed by atoms with Gasteiger partial charge in [-0.05, 0) is 61.6 Å². The van der Waals surface area contributed by atoms with Gasteiger partial charge in [0, 0.05) is 6.04 Å². The highest BCUT2D eigenvalue weighted by molar-refractivity contribution is 7.80. The summed E-state index contributed by atoms with van der Waals surface area (Å²) in [6, 6.07) is 10.3. The van der Waals surface area contributed by atoms with Crippen LogP contribution in [0.4, 0.5) is 0 Å².